The second-order valence-corrected chi connectivity index (χ2v) is 2.23. The second kappa shape index (κ2) is 3.53. The van der Waals surface area contributed by atoms with Gasteiger partial charge in [0.25, 0.3) is 0 Å². The van der Waals surface area contributed by atoms with E-state index in [-0.39, 0.29) is 0 Å². The standard InChI is InChI=1S/C4H6O3.C2H7N/c1-4(2-7-4)3(5)6;1-2-3/h2H2,1H3,(H,5,6);2-3H2,1H3. The predicted molar refractivity (Wildman–Crippen MR) is 36.7 cm³/mol. The van der Waals surface area contributed by atoms with Crippen molar-refractivity contribution in [3.8, 4) is 0 Å². The average molecular weight is 147 g/mol. The number of rotatable bonds is 1. The molecule has 4 heteroatoms. The molecule has 1 fully saturated rings. The van der Waals surface area contributed by atoms with E-state index in [9.17, 15) is 4.79 Å². The molecule has 0 aromatic heterocycles. The van der Waals surface area contributed by atoms with Gasteiger partial charge in [-0.2, -0.15) is 0 Å². The molecule has 3 N–H and O–H groups in total. The van der Waals surface area contributed by atoms with Gasteiger partial charge in [-0.1, -0.05) is 6.92 Å². The Morgan fingerprint density at radius 1 is 1.90 bits per heavy atom. The molecule has 60 valence electrons. The van der Waals surface area contributed by atoms with Crippen molar-refractivity contribution >= 4 is 5.97 Å². The van der Waals surface area contributed by atoms with Crippen molar-refractivity contribution in [2.75, 3.05) is 13.2 Å². The van der Waals surface area contributed by atoms with E-state index < -0.39 is 11.6 Å². The van der Waals surface area contributed by atoms with E-state index in [2.05, 4.69) is 4.74 Å². The molecule has 1 rings (SSSR count). The van der Waals surface area contributed by atoms with Gasteiger partial charge in [0, 0.05) is 0 Å². The van der Waals surface area contributed by atoms with Crippen LogP contribution in [0.2, 0.25) is 0 Å². The molecule has 0 spiro atoms. The zero-order valence-electron chi connectivity index (χ0n) is 6.26. The lowest BCUT2D eigenvalue weighted by Gasteiger charge is -1.90. The van der Waals surface area contributed by atoms with Crippen LogP contribution < -0.4 is 5.73 Å². The molecule has 1 saturated heterocycles. The van der Waals surface area contributed by atoms with Gasteiger partial charge >= 0.3 is 5.97 Å². The first kappa shape index (κ1) is 9.39. The summed E-state index contributed by atoms with van der Waals surface area (Å²) < 4.78 is 4.56. The lowest BCUT2D eigenvalue weighted by molar-refractivity contribution is -0.142. The summed E-state index contributed by atoms with van der Waals surface area (Å²) in [6, 6.07) is 0. The van der Waals surface area contributed by atoms with Crippen LogP contribution in [-0.2, 0) is 9.53 Å². The predicted octanol–water partition coefficient (Wildman–Crippen LogP) is -0.175. The Hall–Kier alpha value is -0.610. The molecule has 0 radical (unpaired) electrons. The number of nitrogens with two attached hydrogens (primary N) is 1. The summed E-state index contributed by atoms with van der Waals surface area (Å²) >= 11 is 0. The largest absolute Gasteiger partial charge is 0.479 e. The van der Waals surface area contributed by atoms with Crippen LogP contribution >= 0.6 is 0 Å². The molecule has 0 aliphatic carbocycles. The van der Waals surface area contributed by atoms with Crippen molar-refractivity contribution in [3.05, 3.63) is 0 Å². The van der Waals surface area contributed by atoms with Crippen molar-refractivity contribution in [2.45, 2.75) is 19.4 Å². The highest BCUT2D eigenvalue weighted by Crippen LogP contribution is 2.25. The van der Waals surface area contributed by atoms with Crippen LogP contribution in [0.4, 0.5) is 0 Å². The highest BCUT2D eigenvalue weighted by molar-refractivity contribution is 5.79. The van der Waals surface area contributed by atoms with Gasteiger partial charge < -0.3 is 15.6 Å². The molecule has 1 unspecified atom stereocenters. The average Bonchev–Trinajstić information content (AvgIpc) is 2.51. The summed E-state index contributed by atoms with van der Waals surface area (Å²) in [5.74, 6) is -0.868. The Balaban J connectivity index is 0.000000236. The van der Waals surface area contributed by atoms with Crippen LogP contribution in [0.15, 0.2) is 0 Å². The number of hydrogen-bond donors (Lipinski definition) is 2. The number of carboxylic acids is 1. The molecule has 0 aromatic rings. The minimum Gasteiger partial charge on any atom is -0.479 e. The van der Waals surface area contributed by atoms with E-state index in [1.54, 1.807) is 6.92 Å². The molecule has 1 aliphatic rings. The number of ether oxygens (including phenoxy) is 1. The highest BCUT2D eigenvalue weighted by Gasteiger charge is 2.47. The van der Waals surface area contributed by atoms with E-state index in [0.717, 1.165) is 6.54 Å². The summed E-state index contributed by atoms with van der Waals surface area (Å²) in [4.78, 5) is 9.96. The van der Waals surface area contributed by atoms with E-state index in [1.165, 1.54) is 0 Å². The fourth-order valence-corrected chi connectivity index (χ4v) is 0.232. The van der Waals surface area contributed by atoms with Gasteiger partial charge in [0.1, 0.15) is 0 Å². The third-order valence-electron chi connectivity index (χ3n) is 1.03. The van der Waals surface area contributed by atoms with Crippen LogP contribution in [-0.4, -0.2) is 29.8 Å². The molecule has 1 heterocycles. The fraction of sp³-hybridized carbons (Fsp3) is 0.833. The molecule has 10 heavy (non-hydrogen) atoms. The fourth-order valence-electron chi connectivity index (χ4n) is 0.232. The molecule has 4 nitrogen and oxygen atoms in total. The lowest BCUT2D eigenvalue weighted by Crippen LogP contribution is -2.18. The maximum Gasteiger partial charge on any atom is 0.338 e. The first-order chi connectivity index (χ1) is 4.56. The summed E-state index contributed by atoms with van der Waals surface area (Å²) in [6.45, 7) is 4.57. The molecule has 0 amide bonds. The molecule has 0 aromatic carbocycles. The quantitative estimate of drug-likeness (QED) is 0.505. The number of epoxide rings is 1. The van der Waals surface area contributed by atoms with Gasteiger partial charge in [-0.3, -0.25) is 0 Å². The minimum atomic E-state index is -0.868. The van der Waals surface area contributed by atoms with Crippen molar-refractivity contribution in [1.82, 2.24) is 0 Å². The maximum atomic E-state index is 9.96. The van der Waals surface area contributed by atoms with Crippen LogP contribution in [0.25, 0.3) is 0 Å². The summed E-state index contributed by atoms with van der Waals surface area (Å²) in [6.07, 6.45) is 0. The monoisotopic (exact) mass is 147 g/mol. The molecule has 0 bridgehead atoms. The zero-order valence-corrected chi connectivity index (χ0v) is 6.26. The zero-order chi connectivity index (χ0) is 8.20. The Labute approximate surface area is 60.0 Å². The van der Waals surface area contributed by atoms with Gasteiger partial charge in [0.05, 0.1) is 6.61 Å². The van der Waals surface area contributed by atoms with Crippen molar-refractivity contribution in [3.63, 3.8) is 0 Å². The third-order valence-corrected chi connectivity index (χ3v) is 1.03. The number of carbonyl (C=O) groups is 1. The molecule has 1 atom stereocenters. The van der Waals surface area contributed by atoms with Crippen molar-refractivity contribution in [2.24, 2.45) is 5.73 Å². The molecule has 1 aliphatic heterocycles. The number of hydrogen-bond acceptors (Lipinski definition) is 3. The van der Waals surface area contributed by atoms with E-state index in [4.69, 9.17) is 10.8 Å². The summed E-state index contributed by atoms with van der Waals surface area (Å²) in [5, 5.41) is 8.19. The normalized spacial score (nSPS) is 28.3. The van der Waals surface area contributed by atoms with E-state index >= 15 is 0 Å². The molecular weight excluding hydrogens is 134 g/mol. The van der Waals surface area contributed by atoms with Gasteiger partial charge in [-0.15, -0.1) is 0 Å². The van der Waals surface area contributed by atoms with E-state index in [1.807, 2.05) is 6.92 Å². The lowest BCUT2D eigenvalue weighted by atomic mass is 10.2. The first-order valence-electron chi connectivity index (χ1n) is 3.14. The number of carboxylic acid groups (broad SMARTS) is 1. The van der Waals surface area contributed by atoms with Gasteiger partial charge in [0.15, 0.2) is 5.60 Å². The molecular formula is C6H13NO3. The second-order valence-electron chi connectivity index (χ2n) is 2.23. The van der Waals surface area contributed by atoms with Crippen LogP contribution in [0.1, 0.15) is 13.8 Å². The van der Waals surface area contributed by atoms with Crippen molar-refractivity contribution < 1.29 is 14.6 Å². The summed E-state index contributed by atoms with van der Waals surface area (Å²) in [5.41, 5.74) is 4.01. The first-order valence-corrected chi connectivity index (χ1v) is 3.14. The molecule has 0 saturated carbocycles. The Morgan fingerprint density at radius 3 is 2.20 bits per heavy atom. The highest BCUT2D eigenvalue weighted by atomic mass is 16.6. The Morgan fingerprint density at radius 2 is 2.20 bits per heavy atom. The van der Waals surface area contributed by atoms with Crippen LogP contribution in [0.3, 0.4) is 0 Å². The Kier molecular flexibility index (Phi) is 3.32. The minimum absolute atomic E-state index is 0.363. The SMILES string of the molecule is CC1(C(=O)O)CO1.CCN. The summed E-state index contributed by atoms with van der Waals surface area (Å²) in [7, 11) is 0. The van der Waals surface area contributed by atoms with Gasteiger partial charge in [-0.05, 0) is 13.5 Å². The number of aliphatic carboxylic acids is 1. The van der Waals surface area contributed by atoms with Gasteiger partial charge in [-0.25, -0.2) is 4.79 Å². The third kappa shape index (κ3) is 2.80. The van der Waals surface area contributed by atoms with Crippen LogP contribution in [0.5, 0.6) is 0 Å². The van der Waals surface area contributed by atoms with Crippen LogP contribution in [0, 0.1) is 0 Å². The van der Waals surface area contributed by atoms with Crippen molar-refractivity contribution in [1.29, 1.82) is 0 Å². The smallest absolute Gasteiger partial charge is 0.338 e. The maximum absolute atomic E-state index is 9.96. The van der Waals surface area contributed by atoms with Gasteiger partial charge in [0.2, 0.25) is 0 Å². The Bertz CT molecular complexity index is 120. The topological polar surface area (TPSA) is 75.8 Å². The van der Waals surface area contributed by atoms with E-state index in [0.29, 0.717) is 6.61 Å².